The number of carbonyl (C=O) groups is 1. The molecule has 0 heterocycles. The molecule has 3 rings (SSSR count). The maximum Gasteiger partial charge on any atom is 0.335 e. The smallest absolute Gasteiger partial charge is 0.335 e. The molecule has 0 aliphatic heterocycles. The van der Waals surface area contributed by atoms with Gasteiger partial charge < -0.3 is 20.5 Å². The van der Waals surface area contributed by atoms with Crippen molar-refractivity contribution in [3.63, 3.8) is 0 Å². The van der Waals surface area contributed by atoms with E-state index in [0.717, 1.165) is 28.3 Å². The number of ether oxygens (including phenoxy) is 1. The van der Waals surface area contributed by atoms with E-state index in [0.29, 0.717) is 13.1 Å². The molecular weight excluding hydrogens is 340 g/mol. The largest absolute Gasteiger partial charge is 0.497 e. The number of aromatic carboxylic acids is 1. The normalized spacial score (nSPS) is 10.3. The minimum atomic E-state index is -0.920. The van der Waals surface area contributed by atoms with Crippen LogP contribution in [-0.4, -0.2) is 18.2 Å². The molecule has 0 aliphatic rings. The highest BCUT2D eigenvalue weighted by Crippen LogP contribution is 2.17. The number of carboxylic acids is 1. The molecule has 0 radical (unpaired) electrons. The van der Waals surface area contributed by atoms with E-state index in [2.05, 4.69) is 28.8 Å². The van der Waals surface area contributed by atoms with Crippen molar-refractivity contribution in [2.75, 3.05) is 17.7 Å². The van der Waals surface area contributed by atoms with Crippen LogP contribution in [0.15, 0.2) is 72.8 Å². The first-order valence-corrected chi connectivity index (χ1v) is 8.67. The fourth-order valence-corrected chi connectivity index (χ4v) is 2.71. The quantitative estimate of drug-likeness (QED) is 0.545. The average Bonchev–Trinajstić information content (AvgIpc) is 2.71. The van der Waals surface area contributed by atoms with Crippen molar-refractivity contribution in [3.05, 3.63) is 89.5 Å². The molecule has 3 aromatic rings. The Morgan fingerprint density at radius 1 is 0.852 bits per heavy atom. The molecule has 0 spiro atoms. The molecule has 27 heavy (non-hydrogen) atoms. The van der Waals surface area contributed by atoms with Crippen LogP contribution in [0.2, 0.25) is 0 Å². The van der Waals surface area contributed by atoms with E-state index < -0.39 is 5.97 Å². The molecular formula is C22H22N2O3. The summed E-state index contributed by atoms with van der Waals surface area (Å²) >= 11 is 0. The van der Waals surface area contributed by atoms with Crippen LogP contribution in [0, 0.1) is 0 Å². The van der Waals surface area contributed by atoms with Gasteiger partial charge in [0.2, 0.25) is 0 Å². The molecule has 0 saturated carbocycles. The van der Waals surface area contributed by atoms with Crippen LogP contribution in [0.4, 0.5) is 11.4 Å². The van der Waals surface area contributed by atoms with Gasteiger partial charge in [-0.3, -0.25) is 0 Å². The van der Waals surface area contributed by atoms with Crippen molar-refractivity contribution in [2.45, 2.75) is 13.1 Å². The Kier molecular flexibility index (Phi) is 5.94. The second-order valence-corrected chi connectivity index (χ2v) is 6.14. The van der Waals surface area contributed by atoms with Gasteiger partial charge in [0.15, 0.2) is 0 Å². The summed E-state index contributed by atoms with van der Waals surface area (Å²) in [7, 11) is 1.66. The molecule has 0 saturated heterocycles. The first-order valence-electron chi connectivity index (χ1n) is 8.67. The summed E-state index contributed by atoms with van der Waals surface area (Å²) in [4.78, 5) is 10.9. The number of carboxylic acid groups (broad SMARTS) is 1. The summed E-state index contributed by atoms with van der Waals surface area (Å²) in [6.45, 7) is 1.37. The van der Waals surface area contributed by atoms with Crippen molar-refractivity contribution < 1.29 is 14.6 Å². The molecule has 0 unspecified atom stereocenters. The third-order valence-corrected chi connectivity index (χ3v) is 4.19. The Morgan fingerprint density at radius 3 is 2.15 bits per heavy atom. The van der Waals surface area contributed by atoms with Gasteiger partial charge in [0, 0.05) is 24.5 Å². The number of nitrogens with one attached hydrogen (secondary N) is 2. The Bertz CT molecular complexity index is 907. The predicted octanol–water partition coefficient (Wildman–Crippen LogP) is 4.62. The molecule has 138 valence electrons. The Hall–Kier alpha value is -3.47. The van der Waals surface area contributed by atoms with E-state index in [1.807, 2.05) is 30.3 Å². The lowest BCUT2D eigenvalue weighted by molar-refractivity contribution is 0.0697. The Balaban J connectivity index is 1.57. The minimum absolute atomic E-state index is 0.282. The Labute approximate surface area is 158 Å². The lowest BCUT2D eigenvalue weighted by Crippen LogP contribution is -2.03. The molecule has 3 N–H and O–H groups in total. The zero-order valence-electron chi connectivity index (χ0n) is 15.1. The van der Waals surface area contributed by atoms with Crippen molar-refractivity contribution >= 4 is 17.3 Å². The molecule has 3 aromatic carbocycles. The first-order chi connectivity index (χ1) is 13.1. The zero-order chi connectivity index (χ0) is 19.1. The molecule has 5 nitrogen and oxygen atoms in total. The lowest BCUT2D eigenvalue weighted by Gasteiger charge is -2.11. The maximum absolute atomic E-state index is 10.9. The topological polar surface area (TPSA) is 70.6 Å². The summed E-state index contributed by atoms with van der Waals surface area (Å²) in [5, 5.41) is 15.7. The molecule has 0 bridgehead atoms. The summed E-state index contributed by atoms with van der Waals surface area (Å²) in [5.74, 6) is -0.0717. The van der Waals surface area contributed by atoms with Gasteiger partial charge in [-0.1, -0.05) is 24.3 Å². The van der Waals surface area contributed by atoms with Crippen molar-refractivity contribution in [3.8, 4) is 5.75 Å². The van der Waals surface area contributed by atoms with Crippen LogP contribution in [0.25, 0.3) is 0 Å². The van der Waals surface area contributed by atoms with Gasteiger partial charge in [-0.05, 0) is 59.7 Å². The monoisotopic (exact) mass is 362 g/mol. The lowest BCUT2D eigenvalue weighted by atomic mass is 10.1. The third kappa shape index (κ3) is 5.25. The van der Waals surface area contributed by atoms with Crippen LogP contribution in [-0.2, 0) is 13.1 Å². The fourth-order valence-electron chi connectivity index (χ4n) is 2.71. The van der Waals surface area contributed by atoms with Gasteiger partial charge >= 0.3 is 5.97 Å². The number of anilines is 2. The van der Waals surface area contributed by atoms with Crippen molar-refractivity contribution in [2.24, 2.45) is 0 Å². The van der Waals surface area contributed by atoms with E-state index in [1.165, 1.54) is 0 Å². The third-order valence-electron chi connectivity index (χ3n) is 4.19. The zero-order valence-corrected chi connectivity index (χ0v) is 15.1. The van der Waals surface area contributed by atoms with Gasteiger partial charge in [-0.25, -0.2) is 4.79 Å². The maximum atomic E-state index is 10.9. The number of rotatable bonds is 8. The Morgan fingerprint density at radius 2 is 1.48 bits per heavy atom. The standard InChI is InChI=1S/C22H22N2O3/c1-27-21-7-3-5-17(13-21)15-24-20-6-2-4-16(12-20)14-23-19-10-8-18(9-11-19)22(25)26/h2-13,23-24H,14-15H2,1H3,(H,25,26). The van der Waals surface area contributed by atoms with E-state index >= 15 is 0 Å². The summed E-state index contributed by atoms with van der Waals surface area (Å²) in [6, 6.07) is 22.9. The van der Waals surface area contributed by atoms with Gasteiger partial charge in [0.1, 0.15) is 5.75 Å². The van der Waals surface area contributed by atoms with Gasteiger partial charge in [-0.2, -0.15) is 0 Å². The van der Waals surface area contributed by atoms with Gasteiger partial charge in [-0.15, -0.1) is 0 Å². The van der Waals surface area contributed by atoms with Crippen molar-refractivity contribution in [1.29, 1.82) is 0 Å². The van der Waals surface area contributed by atoms with E-state index in [4.69, 9.17) is 9.84 Å². The summed E-state index contributed by atoms with van der Waals surface area (Å²) in [5.41, 5.74) is 4.49. The van der Waals surface area contributed by atoms with Crippen LogP contribution in [0.3, 0.4) is 0 Å². The summed E-state index contributed by atoms with van der Waals surface area (Å²) < 4.78 is 5.25. The number of hydrogen-bond acceptors (Lipinski definition) is 4. The molecule has 0 fully saturated rings. The minimum Gasteiger partial charge on any atom is -0.497 e. The van der Waals surface area contributed by atoms with Crippen LogP contribution >= 0.6 is 0 Å². The molecule has 0 atom stereocenters. The van der Waals surface area contributed by atoms with E-state index in [-0.39, 0.29) is 5.56 Å². The van der Waals surface area contributed by atoms with Gasteiger partial charge in [0.25, 0.3) is 0 Å². The average molecular weight is 362 g/mol. The second kappa shape index (κ2) is 8.76. The van der Waals surface area contributed by atoms with Gasteiger partial charge in [0.05, 0.1) is 12.7 Å². The summed E-state index contributed by atoms with van der Waals surface area (Å²) in [6.07, 6.45) is 0. The molecule has 0 amide bonds. The second-order valence-electron chi connectivity index (χ2n) is 6.14. The van der Waals surface area contributed by atoms with Crippen molar-refractivity contribution in [1.82, 2.24) is 0 Å². The first kappa shape index (κ1) is 18.3. The van der Waals surface area contributed by atoms with E-state index in [1.54, 1.807) is 31.4 Å². The molecule has 0 aliphatic carbocycles. The molecule has 5 heteroatoms. The highest BCUT2D eigenvalue weighted by Gasteiger charge is 2.02. The fraction of sp³-hybridized carbons (Fsp3) is 0.136. The highest BCUT2D eigenvalue weighted by atomic mass is 16.5. The van der Waals surface area contributed by atoms with Crippen LogP contribution < -0.4 is 15.4 Å². The number of methoxy groups -OCH3 is 1. The SMILES string of the molecule is COc1cccc(CNc2cccc(CNc3ccc(C(=O)O)cc3)c2)c1. The highest BCUT2D eigenvalue weighted by molar-refractivity contribution is 5.88. The number of hydrogen-bond donors (Lipinski definition) is 3. The predicted molar refractivity (Wildman–Crippen MR) is 107 cm³/mol. The van der Waals surface area contributed by atoms with Crippen LogP contribution in [0.5, 0.6) is 5.75 Å². The molecule has 0 aromatic heterocycles. The van der Waals surface area contributed by atoms with E-state index in [9.17, 15) is 4.79 Å². The van der Waals surface area contributed by atoms with Crippen LogP contribution in [0.1, 0.15) is 21.5 Å². The number of benzene rings is 3.